The highest BCUT2D eigenvalue weighted by molar-refractivity contribution is 6.00. The van der Waals surface area contributed by atoms with Gasteiger partial charge in [-0.2, -0.15) is 0 Å². The molecule has 0 atom stereocenters. The summed E-state index contributed by atoms with van der Waals surface area (Å²) in [5.41, 5.74) is -0.259. The normalized spacial score (nSPS) is 19.3. The van der Waals surface area contributed by atoms with Crippen LogP contribution in [0.15, 0.2) is 24.3 Å². The second-order valence-electron chi connectivity index (χ2n) is 6.75. The Bertz CT molecular complexity index is 661. The van der Waals surface area contributed by atoms with E-state index in [9.17, 15) is 19.5 Å². The van der Waals surface area contributed by atoms with Crippen LogP contribution in [-0.4, -0.2) is 28.4 Å². The lowest BCUT2D eigenvalue weighted by Gasteiger charge is -2.34. The zero-order valence-corrected chi connectivity index (χ0v) is 13.5. The number of nitrogens with one attached hydrogen (secondary N) is 2. The van der Waals surface area contributed by atoms with E-state index < -0.39 is 17.4 Å². The van der Waals surface area contributed by atoms with E-state index in [1.165, 1.54) is 0 Å². The number of benzene rings is 1. The molecule has 0 radical (unpaired) electrons. The third-order valence-electron chi connectivity index (χ3n) is 4.81. The van der Waals surface area contributed by atoms with Gasteiger partial charge in [0.2, 0.25) is 5.91 Å². The smallest absolute Gasteiger partial charge is 0.329 e. The molecule has 2 fully saturated rings. The van der Waals surface area contributed by atoms with E-state index in [1.807, 2.05) is 0 Å². The van der Waals surface area contributed by atoms with Crippen molar-refractivity contribution in [3.05, 3.63) is 29.8 Å². The largest absolute Gasteiger partial charge is 0.480 e. The third-order valence-corrected chi connectivity index (χ3v) is 4.81. The molecule has 0 aromatic heterocycles. The van der Waals surface area contributed by atoms with Gasteiger partial charge in [0.1, 0.15) is 5.54 Å². The van der Waals surface area contributed by atoms with Gasteiger partial charge in [-0.3, -0.25) is 9.59 Å². The van der Waals surface area contributed by atoms with Crippen molar-refractivity contribution in [2.24, 2.45) is 5.92 Å². The number of hydrogen-bond acceptors (Lipinski definition) is 3. The number of rotatable bonds is 5. The third kappa shape index (κ3) is 3.58. The van der Waals surface area contributed by atoms with Gasteiger partial charge in [0.05, 0.1) is 0 Å². The summed E-state index contributed by atoms with van der Waals surface area (Å²) in [6.45, 7) is 0. The van der Waals surface area contributed by atoms with Crippen molar-refractivity contribution >= 4 is 23.5 Å². The van der Waals surface area contributed by atoms with Crippen molar-refractivity contribution in [1.29, 1.82) is 0 Å². The van der Waals surface area contributed by atoms with Gasteiger partial charge in [0.25, 0.3) is 5.91 Å². The summed E-state index contributed by atoms with van der Waals surface area (Å²) >= 11 is 0. The van der Waals surface area contributed by atoms with E-state index >= 15 is 0 Å². The molecule has 2 aliphatic rings. The van der Waals surface area contributed by atoms with Crippen LogP contribution in [0.3, 0.4) is 0 Å². The van der Waals surface area contributed by atoms with Gasteiger partial charge in [-0.25, -0.2) is 4.79 Å². The van der Waals surface area contributed by atoms with Crippen LogP contribution < -0.4 is 10.6 Å². The molecule has 0 spiro atoms. The first kappa shape index (κ1) is 16.5. The Morgan fingerprint density at radius 1 is 1.08 bits per heavy atom. The molecule has 1 aromatic carbocycles. The van der Waals surface area contributed by atoms with E-state index in [0.717, 1.165) is 32.1 Å². The molecule has 2 aliphatic carbocycles. The fourth-order valence-electron chi connectivity index (χ4n) is 3.17. The molecule has 0 unspecified atom stereocenters. The van der Waals surface area contributed by atoms with E-state index in [-0.39, 0.29) is 11.8 Å². The molecular weight excluding hydrogens is 308 g/mol. The van der Waals surface area contributed by atoms with Gasteiger partial charge in [0, 0.05) is 17.2 Å². The summed E-state index contributed by atoms with van der Waals surface area (Å²) in [7, 11) is 0. The van der Waals surface area contributed by atoms with Crippen LogP contribution in [0.2, 0.25) is 0 Å². The summed E-state index contributed by atoms with van der Waals surface area (Å²) in [5, 5.41) is 15.1. The highest BCUT2D eigenvalue weighted by atomic mass is 16.4. The predicted molar refractivity (Wildman–Crippen MR) is 88.7 cm³/mol. The standard InChI is InChI=1S/C18H22N2O4/c21-15(12-7-8-12)19-14-6-4-5-13(11-14)16(22)20-18(17(23)24)9-2-1-3-10-18/h4-6,11-12H,1-3,7-10H2,(H,19,21)(H,20,22)(H,23,24). The molecule has 3 rings (SSSR count). The quantitative estimate of drug-likeness (QED) is 0.773. The van der Waals surface area contributed by atoms with Crippen molar-refractivity contribution in [2.75, 3.05) is 5.32 Å². The zero-order valence-electron chi connectivity index (χ0n) is 13.5. The minimum absolute atomic E-state index is 0.0261. The molecule has 128 valence electrons. The van der Waals surface area contributed by atoms with Crippen LogP contribution in [0.25, 0.3) is 0 Å². The Hall–Kier alpha value is -2.37. The average molecular weight is 330 g/mol. The van der Waals surface area contributed by atoms with Crippen molar-refractivity contribution in [2.45, 2.75) is 50.5 Å². The lowest BCUT2D eigenvalue weighted by atomic mass is 9.81. The summed E-state index contributed by atoms with van der Waals surface area (Å²) in [5.74, 6) is -1.34. The van der Waals surface area contributed by atoms with Crippen molar-refractivity contribution in [3.63, 3.8) is 0 Å². The molecule has 6 nitrogen and oxygen atoms in total. The summed E-state index contributed by atoms with van der Waals surface area (Å²) in [6.07, 6.45) is 5.31. The highest BCUT2D eigenvalue weighted by Crippen LogP contribution is 2.31. The molecular formula is C18H22N2O4. The second-order valence-corrected chi connectivity index (χ2v) is 6.75. The maximum Gasteiger partial charge on any atom is 0.329 e. The van der Waals surface area contributed by atoms with Crippen LogP contribution >= 0.6 is 0 Å². The molecule has 2 amide bonds. The minimum atomic E-state index is -1.18. The topological polar surface area (TPSA) is 95.5 Å². The Balaban J connectivity index is 1.71. The number of carbonyl (C=O) groups excluding carboxylic acids is 2. The monoisotopic (exact) mass is 330 g/mol. The Labute approximate surface area is 140 Å². The van der Waals surface area contributed by atoms with Crippen molar-refractivity contribution in [1.82, 2.24) is 5.32 Å². The lowest BCUT2D eigenvalue weighted by Crippen LogP contribution is -2.55. The minimum Gasteiger partial charge on any atom is -0.480 e. The van der Waals surface area contributed by atoms with E-state index in [0.29, 0.717) is 24.1 Å². The molecule has 1 aromatic rings. The number of carbonyl (C=O) groups is 3. The van der Waals surface area contributed by atoms with E-state index in [1.54, 1.807) is 24.3 Å². The van der Waals surface area contributed by atoms with Crippen LogP contribution in [0, 0.1) is 5.92 Å². The molecule has 0 heterocycles. The molecule has 0 bridgehead atoms. The molecule has 0 saturated heterocycles. The number of aliphatic carboxylic acids is 1. The second kappa shape index (κ2) is 6.63. The number of carboxylic acids is 1. The Kier molecular flexibility index (Phi) is 4.55. The lowest BCUT2D eigenvalue weighted by molar-refractivity contribution is -0.145. The summed E-state index contributed by atoms with van der Waals surface area (Å²) in [4.78, 5) is 36.0. The molecule has 2 saturated carbocycles. The van der Waals surface area contributed by atoms with Crippen molar-refractivity contribution < 1.29 is 19.5 Å². The van der Waals surface area contributed by atoms with Gasteiger partial charge >= 0.3 is 5.97 Å². The zero-order chi connectivity index (χ0) is 17.2. The predicted octanol–water partition coefficient (Wildman–Crippen LogP) is 2.55. The number of amides is 2. The fourth-order valence-corrected chi connectivity index (χ4v) is 3.17. The fraction of sp³-hybridized carbons (Fsp3) is 0.500. The van der Waals surface area contributed by atoms with Gasteiger partial charge in [-0.1, -0.05) is 25.3 Å². The molecule has 3 N–H and O–H groups in total. The first-order valence-electron chi connectivity index (χ1n) is 8.47. The SMILES string of the molecule is O=C(NC1(C(=O)O)CCCCC1)c1cccc(NC(=O)C2CC2)c1. The summed E-state index contributed by atoms with van der Waals surface area (Å²) < 4.78 is 0. The molecule has 6 heteroatoms. The number of carboxylic acid groups (broad SMARTS) is 1. The molecule has 24 heavy (non-hydrogen) atoms. The first-order chi connectivity index (χ1) is 11.5. The van der Waals surface area contributed by atoms with Gasteiger partial charge < -0.3 is 15.7 Å². The Morgan fingerprint density at radius 2 is 1.79 bits per heavy atom. The number of anilines is 1. The van der Waals surface area contributed by atoms with E-state index in [2.05, 4.69) is 10.6 Å². The van der Waals surface area contributed by atoms with Gasteiger partial charge in [-0.15, -0.1) is 0 Å². The number of hydrogen-bond donors (Lipinski definition) is 3. The van der Waals surface area contributed by atoms with E-state index in [4.69, 9.17) is 0 Å². The van der Waals surface area contributed by atoms with Crippen molar-refractivity contribution in [3.8, 4) is 0 Å². The van der Waals surface area contributed by atoms with Crippen LogP contribution in [0.1, 0.15) is 55.3 Å². The first-order valence-corrected chi connectivity index (χ1v) is 8.47. The van der Waals surface area contributed by atoms with Gasteiger partial charge in [-0.05, 0) is 43.9 Å². The average Bonchev–Trinajstić information content (AvgIpc) is 3.41. The van der Waals surface area contributed by atoms with Crippen LogP contribution in [0.4, 0.5) is 5.69 Å². The highest BCUT2D eigenvalue weighted by Gasteiger charge is 2.41. The maximum absolute atomic E-state index is 12.5. The Morgan fingerprint density at radius 3 is 2.42 bits per heavy atom. The molecule has 0 aliphatic heterocycles. The van der Waals surface area contributed by atoms with Crippen LogP contribution in [-0.2, 0) is 9.59 Å². The maximum atomic E-state index is 12.5. The van der Waals surface area contributed by atoms with Crippen LogP contribution in [0.5, 0.6) is 0 Å². The summed E-state index contributed by atoms with van der Waals surface area (Å²) in [6, 6.07) is 6.63. The van der Waals surface area contributed by atoms with Gasteiger partial charge in [0.15, 0.2) is 0 Å².